The molecule has 0 aliphatic carbocycles. The Morgan fingerprint density at radius 2 is 1.89 bits per heavy atom. The summed E-state index contributed by atoms with van der Waals surface area (Å²) >= 11 is 0. The van der Waals surface area contributed by atoms with Crippen molar-refractivity contribution in [2.45, 2.75) is 25.1 Å². The molecule has 1 unspecified atom stereocenters. The highest BCUT2D eigenvalue weighted by molar-refractivity contribution is 5.82. The van der Waals surface area contributed by atoms with Gasteiger partial charge in [-0.05, 0) is 6.42 Å². The second-order valence-corrected chi connectivity index (χ2v) is 3.64. The first-order chi connectivity index (χ1) is 8.17. The Balaban J connectivity index is 4.49. The van der Waals surface area contributed by atoms with Crippen LogP contribution in [-0.4, -0.2) is 58.9 Å². The molecule has 0 aromatic heterocycles. The molecule has 0 bridgehead atoms. The molecule has 0 heterocycles. The minimum absolute atomic E-state index is 0.256. The quantitative estimate of drug-likeness (QED) is 0.583. The molecular formula is C9H15F3N2O4. The molecule has 6 nitrogen and oxygen atoms in total. The van der Waals surface area contributed by atoms with Crippen molar-refractivity contribution in [2.75, 3.05) is 19.7 Å². The van der Waals surface area contributed by atoms with Gasteiger partial charge >= 0.3 is 12.1 Å². The molecule has 0 saturated heterocycles. The lowest BCUT2D eigenvalue weighted by Crippen LogP contribution is -2.48. The summed E-state index contributed by atoms with van der Waals surface area (Å²) in [5.74, 6) is -2.22. The molecule has 0 spiro atoms. The molecule has 9 heteroatoms. The van der Waals surface area contributed by atoms with Gasteiger partial charge in [0.2, 0.25) is 5.91 Å². The number of nitrogens with zero attached hydrogens (tertiary/aromatic N) is 1. The van der Waals surface area contributed by atoms with Crippen LogP contribution in [0.3, 0.4) is 0 Å². The second kappa shape index (κ2) is 7.17. The lowest BCUT2D eigenvalue weighted by molar-refractivity contribution is -0.163. The van der Waals surface area contributed by atoms with Crippen molar-refractivity contribution < 1.29 is 33.0 Å². The van der Waals surface area contributed by atoms with Gasteiger partial charge in [-0.25, -0.2) is 0 Å². The third-order valence-corrected chi connectivity index (χ3v) is 2.04. The van der Waals surface area contributed by atoms with E-state index in [-0.39, 0.29) is 6.42 Å². The fourth-order valence-electron chi connectivity index (χ4n) is 1.24. The first-order valence-corrected chi connectivity index (χ1v) is 5.11. The van der Waals surface area contributed by atoms with Crippen LogP contribution >= 0.6 is 0 Å². The van der Waals surface area contributed by atoms with Crippen molar-refractivity contribution >= 4 is 11.9 Å². The largest absolute Gasteiger partial charge is 0.481 e. The zero-order chi connectivity index (χ0) is 14.3. The lowest BCUT2D eigenvalue weighted by atomic mass is 10.1. The van der Waals surface area contributed by atoms with E-state index in [9.17, 15) is 22.8 Å². The van der Waals surface area contributed by atoms with Crippen LogP contribution in [0, 0.1) is 0 Å². The smallest absolute Gasteiger partial charge is 0.406 e. The van der Waals surface area contributed by atoms with E-state index in [2.05, 4.69) is 0 Å². The van der Waals surface area contributed by atoms with E-state index in [0.717, 1.165) is 0 Å². The molecule has 0 aromatic carbocycles. The minimum atomic E-state index is -4.60. The molecule has 1 amide bonds. The number of rotatable bonds is 7. The molecule has 0 rings (SSSR count). The van der Waals surface area contributed by atoms with Crippen LogP contribution in [0.15, 0.2) is 0 Å². The number of hydrogen-bond acceptors (Lipinski definition) is 4. The molecule has 0 aliphatic heterocycles. The molecule has 1 atom stereocenters. The number of aliphatic hydroxyl groups excluding tert-OH is 1. The summed E-state index contributed by atoms with van der Waals surface area (Å²) in [7, 11) is 0. The highest BCUT2D eigenvalue weighted by Crippen LogP contribution is 2.17. The molecule has 106 valence electrons. The van der Waals surface area contributed by atoms with Crippen molar-refractivity contribution in [2.24, 2.45) is 5.73 Å². The van der Waals surface area contributed by atoms with Crippen molar-refractivity contribution in [1.29, 1.82) is 0 Å². The number of hydrogen-bond donors (Lipinski definition) is 3. The monoisotopic (exact) mass is 272 g/mol. The Morgan fingerprint density at radius 1 is 1.33 bits per heavy atom. The molecule has 18 heavy (non-hydrogen) atoms. The number of carbonyl (C=O) groups is 2. The van der Waals surface area contributed by atoms with Crippen LogP contribution < -0.4 is 5.73 Å². The predicted octanol–water partition coefficient (Wildman–Crippen LogP) is -0.438. The third-order valence-electron chi connectivity index (χ3n) is 2.04. The summed E-state index contributed by atoms with van der Waals surface area (Å²) in [4.78, 5) is 22.1. The maximum absolute atomic E-state index is 12.2. The number of amides is 1. The second-order valence-electron chi connectivity index (χ2n) is 3.64. The summed E-state index contributed by atoms with van der Waals surface area (Å²) < 4.78 is 36.5. The normalized spacial score (nSPS) is 13.2. The molecule has 4 N–H and O–H groups in total. The van der Waals surface area contributed by atoms with E-state index < -0.39 is 50.2 Å². The summed E-state index contributed by atoms with van der Waals surface area (Å²) in [6.45, 7) is -2.65. The maximum Gasteiger partial charge on any atom is 0.406 e. The number of alkyl halides is 3. The lowest BCUT2D eigenvalue weighted by Gasteiger charge is -2.25. The zero-order valence-electron chi connectivity index (χ0n) is 9.48. The van der Waals surface area contributed by atoms with Gasteiger partial charge in [-0.2, -0.15) is 13.2 Å². The Morgan fingerprint density at radius 3 is 2.28 bits per heavy atom. The van der Waals surface area contributed by atoms with Crippen molar-refractivity contribution in [3.05, 3.63) is 0 Å². The molecule has 0 aromatic rings. The highest BCUT2D eigenvalue weighted by atomic mass is 19.4. The summed E-state index contributed by atoms with van der Waals surface area (Å²) in [5, 5.41) is 17.0. The predicted molar refractivity (Wildman–Crippen MR) is 54.6 cm³/mol. The highest BCUT2D eigenvalue weighted by Gasteiger charge is 2.34. The fraction of sp³-hybridized carbons (Fsp3) is 0.778. The van der Waals surface area contributed by atoms with E-state index >= 15 is 0 Å². The average molecular weight is 272 g/mol. The fourth-order valence-corrected chi connectivity index (χ4v) is 1.24. The Labute approximate surface area is 101 Å². The topological polar surface area (TPSA) is 104 Å². The van der Waals surface area contributed by atoms with Gasteiger partial charge in [0, 0.05) is 13.0 Å². The Kier molecular flexibility index (Phi) is 6.63. The van der Waals surface area contributed by atoms with Gasteiger partial charge in [-0.3, -0.25) is 9.59 Å². The number of carbonyl (C=O) groups excluding carboxylic acids is 1. The van der Waals surface area contributed by atoms with Gasteiger partial charge in [0.15, 0.2) is 0 Å². The van der Waals surface area contributed by atoms with Gasteiger partial charge in [0.05, 0.1) is 12.6 Å². The van der Waals surface area contributed by atoms with Crippen LogP contribution in [0.1, 0.15) is 12.8 Å². The van der Waals surface area contributed by atoms with E-state index in [1.807, 2.05) is 0 Å². The van der Waals surface area contributed by atoms with Gasteiger partial charge in [0.25, 0.3) is 0 Å². The van der Waals surface area contributed by atoms with Crippen LogP contribution in [0.25, 0.3) is 0 Å². The van der Waals surface area contributed by atoms with Gasteiger partial charge in [0.1, 0.15) is 6.54 Å². The summed E-state index contributed by atoms with van der Waals surface area (Å²) in [5.41, 5.74) is 5.31. The van der Waals surface area contributed by atoms with Crippen molar-refractivity contribution in [1.82, 2.24) is 4.90 Å². The van der Waals surface area contributed by atoms with Crippen molar-refractivity contribution in [3.63, 3.8) is 0 Å². The number of carboxylic acid groups (broad SMARTS) is 1. The van der Waals surface area contributed by atoms with Crippen molar-refractivity contribution in [3.8, 4) is 0 Å². The number of aliphatic carboxylic acids is 1. The van der Waals surface area contributed by atoms with E-state index in [1.54, 1.807) is 0 Å². The number of carboxylic acids is 1. The first kappa shape index (κ1) is 16.6. The molecule has 0 radical (unpaired) electrons. The summed E-state index contributed by atoms with van der Waals surface area (Å²) in [6.07, 6.45) is -5.27. The van der Waals surface area contributed by atoms with Crippen LogP contribution in [0.4, 0.5) is 13.2 Å². The zero-order valence-corrected chi connectivity index (χ0v) is 9.48. The minimum Gasteiger partial charge on any atom is -0.481 e. The van der Waals surface area contributed by atoms with Gasteiger partial charge < -0.3 is 20.8 Å². The third kappa shape index (κ3) is 7.07. The van der Waals surface area contributed by atoms with E-state index in [0.29, 0.717) is 4.90 Å². The summed E-state index contributed by atoms with van der Waals surface area (Å²) in [6, 6.07) is -1.32. The maximum atomic E-state index is 12.2. The number of nitrogens with two attached hydrogens (primary N) is 1. The number of halogens is 3. The molecular weight excluding hydrogens is 257 g/mol. The Hall–Kier alpha value is -1.35. The van der Waals surface area contributed by atoms with E-state index in [1.165, 1.54) is 0 Å². The number of aliphatic hydroxyl groups is 1. The van der Waals surface area contributed by atoms with E-state index in [4.69, 9.17) is 15.9 Å². The molecule has 0 aliphatic rings. The first-order valence-electron chi connectivity index (χ1n) is 5.11. The standard InChI is InChI=1S/C9H15F3N2O4/c10-9(11,12)5-14(3-4-15)8(18)6(13)1-2-7(16)17/h6,15H,1-5,13H2,(H,16,17). The SMILES string of the molecule is NC(CCC(=O)O)C(=O)N(CCO)CC(F)(F)F. The molecule has 0 saturated carbocycles. The molecule has 0 fully saturated rings. The van der Waals surface area contributed by atoms with Gasteiger partial charge in [-0.15, -0.1) is 0 Å². The van der Waals surface area contributed by atoms with Gasteiger partial charge in [-0.1, -0.05) is 0 Å². The Bertz CT molecular complexity index is 296. The van der Waals surface area contributed by atoms with Crippen LogP contribution in [0.2, 0.25) is 0 Å². The average Bonchev–Trinajstić information content (AvgIpc) is 2.22. The van der Waals surface area contributed by atoms with Crippen LogP contribution in [0.5, 0.6) is 0 Å². The van der Waals surface area contributed by atoms with Crippen LogP contribution in [-0.2, 0) is 9.59 Å².